The van der Waals surface area contributed by atoms with E-state index in [9.17, 15) is 0 Å². The van der Waals surface area contributed by atoms with E-state index in [2.05, 4.69) is 25.2 Å². The van der Waals surface area contributed by atoms with Crippen molar-refractivity contribution < 1.29 is 22.5 Å². The molecule has 2 atom stereocenters. The minimum absolute atomic E-state index is 0.0897. The van der Waals surface area contributed by atoms with E-state index in [4.69, 9.17) is 29.1 Å². The van der Waals surface area contributed by atoms with E-state index >= 15 is 0 Å². The van der Waals surface area contributed by atoms with Crippen LogP contribution >= 0.6 is 11.6 Å². The lowest BCUT2D eigenvalue weighted by atomic mass is 9.87. The molecule has 1 heterocycles. The molecule has 2 aliphatic rings. The summed E-state index contributed by atoms with van der Waals surface area (Å²) in [4.78, 5) is 0. The summed E-state index contributed by atoms with van der Waals surface area (Å²) in [7, 11) is -0.637. The first-order chi connectivity index (χ1) is 8.70. The van der Waals surface area contributed by atoms with Gasteiger partial charge in [0.1, 0.15) is 5.70 Å². The van der Waals surface area contributed by atoms with Crippen LogP contribution in [0.5, 0.6) is 0 Å². The molecule has 0 amide bonds. The van der Waals surface area contributed by atoms with Crippen molar-refractivity contribution in [3.8, 4) is 0 Å². The Hall–Kier alpha value is -0.180. The number of hydrogen-bond donors (Lipinski definition) is 2. The zero-order valence-corrected chi connectivity index (χ0v) is 12.7. The second kappa shape index (κ2) is 7.01. The summed E-state index contributed by atoms with van der Waals surface area (Å²) in [5, 5.41) is 3.56. The van der Waals surface area contributed by atoms with E-state index in [0.29, 0.717) is 0 Å². The molecule has 6 nitrogen and oxygen atoms in total. The summed E-state index contributed by atoms with van der Waals surface area (Å²) in [6, 6.07) is 0. The zero-order chi connectivity index (χ0) is 14.6. The van der Waals surface area contributed by atoms with Crippen molar-refractivity contribution in [2.75, 3.05) is 14.1 Å². The van der Waals surface area contributed by atoms with Gasteiger partial charge < -0.3 is 4.55 Å². The maximum atomic E-state index is 8.63. The van der Waals surface area contributed by atoms with Crippen LogP contribution in [0.3, 0.4) is 0 Å². The number of hydrogen-bond acceptors (Lipinski definition) is 4. The summed E-state index contributed by atoms with van der Waals surface area (Å²) >= 11 is 6.20. The highest BCUT2D eigenvalue weighted by atomic mass is 35.5. The molecule has 0 saturated heterocycles. The van der Waals surface area contributed by atoms with Gasteiger partial charge >= 0.3 is 0 Å². The highest BCUT2D eigenvalue weighted by Crippen LogP contribution is 2.29. The van der Waals surface area contributed by atoms with Crippen LogP contribution in [0.2, 0.25) is 0 Å². The van der Waals surface area contributed by atoms with Crippen LogP contribution < -0.4 is 5.01 Å². The molecule has 1 saturated carbocycles. The standard InChI is InChI=1S/C11H19ClN2.H2O4S/c1-13-10(8-11(12)14(13)2)9-6-4-3-5-7-9;1-5(2,3)4/h8-9,11H,3-7H2,1-2H3;(H2,1,2,3,4). The number of nitrogens with zero attached hydrogens (tertiary/aromatic N) is 1. The van der Waals surface area contributed by atoms with Crippen LogP contribution in [-0.4, -0.2) is 42.1 Å². The molecular formula is C11H21ClN2O4S. The maximum absolute atomic E-state index is 8.63. The topological polar surface area (TPSA) is 85.1 Å². The number of quaternary nitrogens is 1. The Labute approximate surface area is 119 Å². The number of likely N-dealkylation sites (N-methyl/N-ethyl adjacent to an activating group) is 1. The molecule has 1 aliphatic carbocycles. The van der Waals surface area contributed by atoms with Crippen molar-refractivity contribution in [1.29, 1.82) is 0 Å². The van der Waals surface area contributed by atoms with Crippen molar-refractivity contribution in [1.82, 2.24) is 5.01 Å². The molecular weight excluding hydrogens is 292 g/mol. The molecule has 1 fully saturated rings. The first-order valence-electron chi connectivity index (χ1n) is 6.31. The Balaban J connectivity index is 0.000000312. The summed E-state index contributed by atoms with van der Waals surface area (Å²) in [5.74, 6) is 0.787. The Morgan fingerprint density at radius 1 is 1.42 bits per heavy atom. The third kappa shape index (κ3) is 5.76. The number of halogens is 1. The van der Waals surface area contributed by atoms with Crippen molar-refractivity contribution in [3.63, 3.8) is 0 Å². The van der Waals surface area contributed by atoms with Gasteiger partial charge in [-0.1, -0.05) is 30.9 Å². The van der Waals surface area contributed by atoms with E-state index in [1.807, 2.05) is 0 Å². The first kappa shape index (κ1) is 16.9. The first-order valence-corrected chi connectivity index (χ1v) is 8.11. The van der Waals surface area contributed by atoms with Gasteiger partial charge in [0.15, 0.2) is 5.50 Å². The predicted molar refractivity (Wildman–Crippen MR) is 71.3 cm³/mol. The molecule has 0 spiro atoms. The van der Waals surface area contributed by atoms with Gasteiger partial charge in [-0.2, -0.15) is 0 Å². The lowest BCUT2D eigenvalue weighted by molar-refractivity contribution is -0.958. The highest BCUT2D eigenvalue weighted by Gasteiger charge is 2.35. The molecule has 19 heavy (non-hydrogen) atoms. The summed E-state index contributed by atoms with van der Waals surface area (Å²) in [6.45, 7) is 0. The number of nitrogens with one attached hydrogen (secondary N) is 1. The Morgan fingerprint density at radius 3 is 2.26 bits per heavy atom. The van der Waals surface area contributed by atoms with Crippen LogP contribution in [0.25, 0.3) is 0 Å². The molecule has 2 N–H and O–H groups in total. The van der Waals surface area contributed by atoms with Gasteiger partial charge in [-0.3, -0.25) is 4.55 Å². The van der Waals surface area contributed by atoms with E-state index in [-0.39, 0.29) is 5.50 Å². The molecule has 1 aliphatic heterocycles. The van der Waals surface area contributed by atoms with E-state index in [0.717, 1.165) is 5.92 Å². The maximum Gasteiger partial charge on any atom is 0.215 e. The zero-order valence-electron chi connectivity index (χ0n) is 11.2. The lowest BCUT2D eigenvalue weighted by Gasteiger charge is -2.26. The van der Waals surface area contributed by atoms with Crippen LogP contribution in [0.15, 0.2) is 11.8 Å². The summed E-state index contributed by atoms with van der Waals surface area (Å²) in [5.41, 5.74) is 1.61. The lowest BCUT2D eigenvalue weighted by Crippen LogP contribution is -3.12. The summed E-state index contributed by atoms with van der Waals surface area (Å²) in [6.07, 6.45) is 9.18. The molecule has 0 bridgehead atoms. The number of allylic oxidation sites excluding steroid dienone is 1. The third-order valence-corrected chi connectivity index (χ3v) is 4.10. The average Bonchev–Trinajstić information content (AvgIpc) is 2.56. The van der Waals surface area contributed by atoms with Gasteiger partial charge in [0.05, 0.1) is 7.05 Å². The second-order valence-corrected chi connectivity index (χ2v) is 6.26. The van der Waals surface area contributed by atoms with Gasteiger partial charge in [-0.05, 0) is 12.8 Å². The van der Waals surface area contributed by atoms with Gasteiger partial charge in [0.25, 0.3) is 0 Å². The van der Waals surface area contributed by atoms with Crippen LogP contribution in [-0.2, 0) is 10.4 Å². The Kier molecular flexibility index (Phi) is 6.22. The molecule has 0 radical (unpaired) electrons. The smallest absolute Gasteiger partial charge is 0.215 e. The van der Waals surface area contributed by atoms with E-state index in [1.165, 1.54) is 42.8 Å². The van der Waals surface area contributed by atoms with E-state index in [1.54, 1.807) is 0 Å². The molecule has 0 aromatic heterocycles. The average molecular weight is 313 g/mol. The van der Waals surface area contributed by atoms with Gasteiger partial charge in [-0.25, -0.2) is 13.4 Å². The van der Waals surface area contributed by atoms with Crippen LogP contribution in [0.4, 0.5) is 0 Å². The second-order valence-electron chi connectivity index (χ2n) is 4.95. The minimum atomic E-state index is -4.92. The van der Waals surface area contributed by atoms with Crippen molar-refractivity contribution in [2.24, 2.45) is 5.92 Å². The predicted octanol–water partition coefficient (Wildman–Crippen LogP) is 0.395. The number of alkyl halides is 1. The third-order valence-electron chi connectivity index (χ3n) is 3.68. The fourth-order valence-corrected chi connectivity index (χ4v) is 2.90. The SMILES string of the molecule is CN1C(Cl)C=C(C2CCCCC2)[NH+]1C.O=S(=O)([O-])O. The molecule has 8 heteroatoms. The van der Waals surface area contributed by atoms with E-state index < -0.39 is 10.4 Å². The molecule has 0 aromatic carbocycles. The van der Waals surface area contributed by atoms with Gasteiger partial charge in [0.2, 0.25) is 10.4 Å². The Bertz CT molecular complexity index is 412. The van der Waals surface area contributed by atoms with Crippen LogP contribution in [0.1, 0.15) is 32.1 Å². The van der Waals surface area contributed by atoms with Crippen molar-refractivity contribution >= 4 is 22.0 Å². The summed E-state index contributed by atoms with van der Waals surface area (Å²) < 4.78 is 32.8. The molecule has 0 aromatic rings. The Morgan fingerprint density at radius 2 is 1.89 bits per heavy atom. The fraction of sp³-hybridized carbons (Fsp3) is 0.818. The quantitative estimate of drug-likeness (QED) is 0.317. The largest absolute Gasteiger partial charge is 0.726 e. The minimum Gasteiger partial charge on any atom is -0.726 e. The normalized spacial score (nSPS) is 29.6. The highest BCUT2D eigenvalue weighted by molar-refractivity contribution is 7.79. The van der Waals surface area contributed by atoms with Gasteiger partial charge in [-0.15, -0.1) is 5.01 Å². The molecule has 2 rings (SSSR count). The van der Waals surface area contributed by atoms with Crippen molar-refractivity contribution in [3.05, 3.63) is 11.8 Å². The molecule has 2 unspecified atom stereocenters. The van der Waals surface area contributed by atoms with Gasteiger partial charge in [0, 0.05) is 19.0 Å². The van der Waals surface area contributed by atoms with Crippen LogP contribution in [0, 0.1) is 5.92 Å². The fourth-order valence-electron chi connectivity index (χ4n) is 2.61. The molecule has 112 valence electrons. The number of rotatable bonds is 1. The van der Waals surface area contributed by atoms with Crippen molar-refractivity contribution in [2.45, 2.75) is 37.6 Å². The monoisotopic (exact) mass is 312 g/mol.